The van der Waals surface area contributed by atoms with Gasteiger partial charge in [-0.1, -0.05) is 41.9 Å². The van der Waals surface area contributed by atoms with E-state index in [4.69, 9.17) is 17.3 Å². The lowest BCUT2D eigenvalue weighted by Crippen LogP contribution is -2.26. The number of nitrogens with two attached hydrogens (primary N) is 1. The molecule has 2 unspecified atom stereocenters. The van der Waals surface area contributed by atoms with Gasteiger partial charge >= 0.3 is 0 Å². The smallest absolute Gasteiger partial charge is 0.0406 e. The van der Waals surface area contributed by atoms with E-state index in [1.54, 1.807) is 11.3 Å². The number of fused-ring (bicyclic) bond motifs is 1. The first-order chi connectivity index (χ1) is 10.1. The molecule has 3 rings (SSSR count). The SMILES string of the molecule is CC(N)C(Cc1cccc2ccsc12)c1ccc(Cl)cc1. The van der Waals surface area contributed by atoms with Gasteiger partial charge in [-0.3, -0.25) is 0 Å². The molecule has 0 aliphatic rings. The molecule has 0 aliphatic heterocycles. The highest BCUT2D eigenvalue weighted by molar-refractivity contribution is 7.17. The van der Waals surface area contributed by atoms with Gasteiger partial charge < -0.3 is 5.73 Å². The van der Waals surface area contributed by atoms with Gasteiger partial charge in [0.2, 0.25) is 0 Å². The molecular weight excluding hydrogens is 298 g/mol. The second-order valence-electron chi connectivity index (χ2n) is 5.48. The Labute approximate surface area is 134 Å². The summed E-state index contributed by atoms with van der Waals surface area (Å²) in [5, 5.41) is 4.23. The predicted octanol–water partition coefficient (Wildman–Crippen LogP) is 5.23. The molecule has 0 spiro atoms. The molecule has 108 valence electrons. The maximum absolute atomic E-state index is 6.24. The van der Waals surface area contributed by atoms with Crippen molar-refractivity contribution in [2.45, 2.75) is 25.3 Å². The Morgan fingerprint density at radius 3 is 2.57 bits per heavy atom. The molecule has 2 aromatic carbocycles. The fraction of sp³-hybridized carbons (Fsp3) is 0.222. The van der Waals surface area contributed by atoms with E-state index in [-0.39, 0.29) is 6.04 Å². The molecule has 1 heterocycles. The minimum Gasteiger partial charge on any atom is -0.327 e. The Morgan fingerprint density at radius 2 is 1.86 bits per heavy atom. The molecule has 0 amide bonds. The lowest BCUT2D eigenvalue weighted by atomic mass is 9.87. The average Bonchev–Trinajstić information content (AvgIpc) is 2.95. The Balaban J connectivity index is 1.95. The molecular formula is C18H18ClNS. The summed E-state index contributed by atoms with van der Waals surface area (Å²) in [4.78, 5) is 0. The van der Waals surface area contributed by atoms with Gasteiger partial charge in [-0.2, -0.15) is 0 Å². The summed E-state index contributed by atoms with van der Waals surface area (Å²) in [5.41, 5.74) is 8.87. The number of thiophene rings is 1. The number of hydrogen-bond acceptors (Lipinski definition) is 2. The van der Waals surface area contributed by atoms with Gasteiger partial charge in [0.15, 0.2) is 0 Å². The first-order valence-corrected chi connectivity index (χ1v) is 8.37. The van der Waals surface area contributed by atoms with Crippen molar-refractivity contribution in [1.82, 2.24) is 0 Å². The summed E-state index contributed by atoms with van der Waals surface area (Å²) in [6.07, 6.45) is 0.956. The molecule has 0 fully saturated rings. The van der Waals surface area contributed by atoms with Crippen molar-refractivity contribution in [1.29, 1.82) is 0 Å². The third kappa shape index (κ3) is 3.13. The zero-order valence-electron chi connectivity index (χ0n) is 11.9. The van der Waals surface area contributed by atoms with E-state index in [1.165, 1.54) is 21.2 Å². The molecule has 0 radical (unpaired) electrons. The van der Waals surface area contributed by atoms with Gasteiger partial charge in [0.1, 0.15) is 0 Å². The molecule has 1 nitrogen and oxygen atoms in total. The predicted molar refractivity (Wildman–Crippen MR) is 93.4 cm³/mol. The van der Waals surface area contributed by atoms with Crippen molar-refractivity contribution in [2.75, 3.05) is 0 Å². The van der Waals surface area contributed by atoms with Crippen LogP contribution in [-0.2, 0) is 6.42 Å². The van der Waals surface area contributed by atoms with E-state index in [9.17, 15) is 0 Å². The maximum Gasteiger partial charge on any atom is 0.0406 e. The summed E-state index contributed by atoms with van der Waals surface area (Å²) < 4.78 is 1.37. The van der Waals surface area contributed by atoms with E-state index in [0.29, 0.717) is 5.92 Å². The topological polar surface area (TPSA) is 26.0 Å². The largest absolute Gasteiger partial charge is 0.327 e. The summed E-state index contributed by atoms with van der Waals surface area (Å²) >= 11 is 7.79. The van der Waals surface area contributed by atoms with Crippen molar-refractivity contribution in [3.8, 4) is 0 Å². The molecule has 3 aromatic rings. The zero-order valence-corrected chi connectivity index (χ0v) is 13.5. The summed E-state index contributed by atoms with van der Waals surface area (Å²) in [5.74, 6) is 0.301. The fourth-order valence-corrected chi connectivity index (χ4v) is 3.82. The molecule has 0 bridgehead atoms. The van der Waals surface area contributed by atoms with Crippen molar-refractivity contribution < 1.29 is 0 Å². The van der Waals surface area contributed by atoms with Crippen LogP contribution in [0.15, 0.2) is 53.9 Å². The monoisotopic (exact) mass is 315 g/mol. The van der Waals surface area contributed by atoms with Crippen LogP contribution in [-0.4, -0.2) is 6.04 Å². The Morgan fingerprint density at radius 1 is 1.10 bits per heavy atom. The van der Waals surface area contributed by atoms with E-state index in [1.807, 2.05) is 12.1 Å². The molecule has 2 N–H and O–H groups in total. The fourth-order valence-electron chi connectivity index (χ4n) is 2.77. The molecule has 21 heavy (non-hydrogen) atoms. The minimum absolute atomic E-state index is 0.0985. The normalized spacial score (nSPS) is 14.2. The Kier molecular flexibility index (Phi) is 4.29. The third-order valence-corrected chi connectivity index (χ3v) is 5.19. The van der Waals surface area contributed by atoms with Crippen LogP contribution in [0.1, 0.15) is 24.0 Å². The molecule has 2 atom stereocenters. The van der Waals surface area contributed by atoms with Crippen LogP contribution in [0, 0.1) is 0 Å². The van der Waals surface area contributed by atoms with Gasteiger partial charge in [-0.25, -0.2) is 0 Å². The highest BCUT2D eigenvalue weighted by atomic mass is 35.5. The van der Waals surface area contributed by atoms with E-state index in [0.717, 1.165) is 11.4 Å². The van der Waals surface area contributed by atoms with Crippen LogP contribution in [0.4, 0.5) is 0 Å². The van der Waals surface area contributed by atoms with Gasteiger partial charge in [0.05, 0.1) is 0 Å². The summed E-state index contributed by atoms with van der Waals surface area (Å²) in [6, 6.07) is 16.8. The van der Waals surface area contributed by atoms with Crippen LogP contribution >= 0.6 is 22.9 Å². The summed E-state index contributed by atoms with van der Waals surface area (Å²) in [6.45, 7) is 2.08. The van der Waals surface area contributed by atoms with Crippen molar-refractivity contribution in [3.63, 3.8) is 0 Å². The summed E-state index contributed by atoms with van der Waals surface area (Å²) in [7, 11) is 0. The van der Waals surface area contributed by atoms with Crippen LogP contribution in [0.5, 0.6) is 0 Å². The first-order valence-electron chi connectivity index (χ1n) is 7.11. The van der Waals surface area contributed by atoms with Crippen LogP contribution < -0.4 is 5.73 Å². The second kappa shape index (κ2) is 6.18. The van der Waals surface area contributed by atoms with Crippen molar-refractivity contribution in [3.05, 3.63) is 70.1 Å². The van der Waals surface area contributed by atoms with Gasteiger partial charge in [0, 0.05) is 21.7 Å². The van der Waals surface area contributed by atoms with Gasteiger partial charge in [-0.05, 0) is 53.4 Å². The van der Waals surface area contributed by atoms with E-state index in [2.05, 4.69) is 48.7 Å². The Hall–Kier alpha value is -1.35. The minimum atomic E-state index is 0.0985. The van der Waals surface area contributed by atoms with Crippen molar-refractivity contribution in [2.24, 2.45) is 5.73 Å². The van der Waals surface area contributed by atoms with Crippen molar-refractivity contribution >= 4 is 33.0 Å². The number of rotatable bonds is 4. The average molecular weight is 316 g/mol. The third-order valence-electron chi connectivity index (χ3n) is 3.93. The molecule has 3 heteroatoms. The number of benzene rings is 2. The van der Waals surface area contributed by atoms with Crippen LogP contribution in [0.2, 0.25) is 5.02 Å². The molecule has 0 aliphatic carbocycles. The molecule has 0 saturated carbocycles. The van der Waals surface area contributed by atoms with Crippen LogP contribution in [0.25, 0.3) is 10.1 Å². The van der Waals surface area contributed by atoms with Gasteiger partial charge in [0.25, 0.3) is 0 Å². The lowest BCUT2D eigenvalue weighted by Gasteiger charge is -2.22. The maximum atomic E-state index is 6.24. The second-order valence-corrected chi connectivity index (χ2v) is 6.83. The highest BCUT2D eigenvalue weighted by Crippen LogP contribution is 2.31. The molecule has 1 aromatic heterocycles. The first kappa shape index (κ1) is 14.6. The van der Waals surface area contributed by atoms with Gasteiger partial charge in [-0.15, -0.1) is 11.3 Å². The standard InChI is InChI=1S/C18H18ClNS/c1-12(20)17(13-5-7-16(19)8-6-13)11-15-4-2-3-14-9-10-21-18(14)15/h2-10,12,17H,11,20H2,1H3. The van der Waals surface area contributed by atoms with E-state index >= 15 is 0 Å². The number of hydrogen-bond donors (Lipinski definition) is 1. The quantitative estimate of drug-likeness (QED) is 0.701. The lowest BCUT2D eigenvalue weighted by molar-refractivity contribution is 0.567. The Bertz CT molecular complexity index is 730. The highest BCUT2D eigenvalue weighted by Gasteiger charge is 2.18. The zero-order chi connectivity index (χ0) is 14.8. The number of halogens is 1. The molecule has 0 saturated heterocycles. The van der Waals surface area contributed by atoms with E-state index < -0.39 is 0 Å². The van der Waals surface area contributed by atoms with Crippen LogP contribution in [0.3, 0.4) is 0 Å².